The van der Waals surface area contributed by atoms with Crippen LogP contribution in [0, 0.1) is 0 Å². The van der Waals surface area contributed by atoms with Crippen LogP contribution in [0.1, 0.15) is 0 Å². The lowest BCUT2D eigenvalue weighted by Gasteiger charge is -2.14. The zero-order valence-electron chi connectivity index (χ0n) is 7.82. The van der Waals surface area contributed by atoms with E-state index in [1.54, 1.807) is 11.9 Å². The summed E-state index contributed by atoms with van der Waals surface area (Å²) in [4.78, 5) is 4.20. The van der Waals surface area contributed by atoms with Gasteiger partial charge in [-0.2, -0.15) is 0 Å². The van der Waals surface area contributed by atoms with Crippen LogP contribution in [0.25, 0.3) is 10.2 Å². The summed E-state index contributed by atoms with van der Waals surface area (Å²) < 4.78 is 3.84. The Labute approximate surface area is 96.0 Å². The predicted octanol–water partition coefficient (Wildman–Crippen LogP) is 3.66. The minimum atomic E-state index is 0.601. The van der Waals surface area contributed by atoms with Crippen LogP contribution < -0.4 is 4.31 Å². The Kier molecular flexibility index (Phi) is 2.85. The molecule has 0 fully saturated rings. The second kappa shape index (κ2) is 3.96. The monoisotopic (exact) mass is 244 g/mol. The molecule has 74 valence electrons. The molecule has 0 amide bonds. The molecule has 0 aliphatic heterocycles. The van der Waals surface area contributed by atoms with Gasteiger partial charge >= 0.3 is 0 Å². The maximum atomic E-state index is 5.84. The van der Waals surface area contributed by atoms with E-state index in [0.717, 1.165) is 10.2 Å². The molecule has 14 heavy (non-hydrogen) atoms. The van der Waals surface area contributed by atoms with Crippen molar-refractivity contribution in [3.63, 3.8) is 0 Å². The highest BCUT2D eigenvalue weighted by Crippen LogP contribution is 2.30. The molecule has 5 heteroatoms. The van der Waals surface area contributed by atoms with Gasteiger partial charge in [-0.25, -0.2) is 4.98 Å². The van der Waals surface area contributed by atoms with E-state index >= 15 is 0 Å². The van der Waals surface area contributed by atoms with Crippen molar-refractivity contribution in [1.29, 1.82) is 0 Å². The Morgan fingerprint density at radius 2 is 2.29 bits per heavy atom. The van der Waals surface area contributed by atoms with Crippen LogP contribution in [0.15, 0.2) is 18.2 Å². The summed E-state index contributed by atoms with van der Waals surface area (Å²) in [6, 6.07) is 6.16. The van der Waals surface area contributed by atoms with E-state index in [1.165, 1.54) is 17.0 Å². The maximum Gasteiger partial charge on any atom is 0.184 e. The van der Waals surface area contributed by atoms with Gasteiger partial charge in [-0.1, -0.05) is 23.5 Å². The molecule has 0 aliphatic carbocycles. The summed E-state index contributed by atoms with van der Waals surface area (Å²) in [5.41, 5.74) is 2.14. The van der Waals surface area contributed by atoms with Crippen molar-refractivity contribution in [2.45, 2.75) is 0 Å². The summed E-state index contributed by atoms with van der Waals surface area (Å²) in [7, 11) is 2.04. The predicted molar refractivity (Wildman–Crippen MR) is 66.5 cm³/mol. The highest BCUT2D eigenvalue weighted by molar-refractivity contribution is 7.99. The van der Waals surface area contributed by atoms with Gasteiger partial charge in [0.25, 0.3) is 0 Å². The summed E-state index contributed by atoms with van der Waals surface area (Å²) in [6.45, 7) is 0. The molecular formula is C9H9ClN2S2. The van der Waals surface area contributed by atoms with Crippen molar-refractivity contribution in [1.82, 2.24) is 4.98 Å². The van der Waals surface area contributed by atoms with Crippen molar-refractivity contribution in [3.05, 3.63) is 22.7 Å². The topological polar surface area (TPSA) is 16.1 Å². The normalized spacial score (nSPS) is 10.8. The van der Waals surface area contributed by atoms with Crippen LogP contribution >= 0.6 is 34.9 Å². The summed E-state index contributed by atoms with van der Waals surface area (Å²) in [5.74, 6) is 0. The van der Waals surface area contributed by atoms with Crippen LogP contribution in [0.4, 0.5) is 5.69 Å². The van der Waals surface area contributed by atoms with Gasteiger partial charge < -0.3 is 4.31 Å². The zero-order valence-corrected chi connectivity index (χ0v) is 10.2. The molecule has 0 radical (unpaired) electrons. The number of nitrogens with zero attached hydrogens (tertiary/aromatic N) is 2. The van der Waals surface area contributed by atoms with E-state index in [-0.39, 0.29) is 0 Å². The van der Waals surface area contributed by atoms with E-state index in [0.29, 0.717) is 4.47 Å². The van der Waals surface area contributed by atoms with Crippen LogP contribution in [0.3, 0.4) is 0 Å². The number of anilines is 1. The Balaban J connectivity index is 2.50. The highest BCUT2D eigenvalue weighted by Gasteiger charge is 2.04. The van der Waals surface area contributed by atoms with Gasteiger partial charge in [-0.3, -0.25) is 0 Å². The molecule has 0 saturated carbocycles. The van der Waals surface area contributed by atoms with Gasteiger partial charge in [0, 0.05) is 19.0 Å². The first-order valence-corrected chi connectivity index (χ1v) is 6.42. The largest absolute Gasteiger partial charge is 0.319 e. The molecule has 0 spiro atoms. The van der Waals surface area contributed by atoms with Crippen molar-refractivity contribution in [2.75, 3.05) is 17.6 Å². The summed E-state index contributed by atoms with van der Waals surface area (Å²) in [5, 5.41) is 0. The van der Waals surface area contributed by atoms with Crippen molar-refractivity contribution >= 4 is 50.8 Å². The van der Waals surface area contributed by atoms with Gasteiger partial charge in [0.05, 0.1) is 10.2 Å². The minimum Gasteiger partial charge on any atom is -0.319 e. The minimum absolute atomic E-state index is 0.601. The molecular weight excluding hydrogens is 236 g/mol. The number of rotatable bonds is 2. The van der Waals surface area contributed by atoms with Gasteiger partial charge in [-0.05, 0) is 18.2 Å². The lowest BCUT2D eigenvalue weighted by atomic mass is 10.3. The van der Waals surface area contributed by atoms with Gasteiger partial charge in [0.1, 0.15) is 0 Å². The van der Waals surface area contributed by atoms with Crippen molar-refractivity contribution in [2.24, 2.45) is 0 Å². The Morgan fingerprint density at radius 1 is 1.50 bits per heavy atom. The van der Waals surface area contributed by atoms with Gasteiger partial charge in [0.15, 0.2) is 4.47 Å². The van der Waals surface area contributed by atoms with Crippen molar-refractivity contribution in [3.8, 4) is 0 Å². The second-order valence-corrected chi connectivity index (χ2v) is 5.32. The van der Waals surface area contributed by atoms with Gasteiger partial charge in [-0.15, -0.1) is 11.3 Å². The lowest BCUT2D eigenvalue weighted by molar-refractivity contribution is 1.37. The first-order chi connectivity index (χ1) is 6.70. The van der Waals surface area contributed by atoms with E-state index in [2.05, 4.69) is 21.4 Å². The Morgan fingerprint density at radius 3 is 3.00 bits per heavy atom. The average molecular weight is 245 g/mol. The molecule has 2 aromatic rings. The molecule has 0 aliphatic rings. The first kappa shape index (κ1) is 10.1. The summed E-state index contributed by atoms with van der Waals surface area (Å²) in [6.07, 6.45) is 2.05. The van der Waals surface area contributed by atoms with Crippen LogP contribution in [-0.2, 0) is 0 Å². The third-order valence-electron chi connectivity index (χ3n) is 1.98. The molecule has 1 aromatic heterocycles. The molecule has 1 aromatic carbocycles. The number of hydrogen-bond acceptors (Lipinski definition) is 4. The fraction of sp³-hybridized carbons (Fsp3) is 0.222. The molecule has 0 saturated heterocycles. The van der Waals surface area contributed by atoms with Crippen LogP contribution in [-0.4, -0.2) is 18.3 Å². The van der Waals surface area contributed by atoms with E-state index < -0.39 is 0 Å². The quantitative estimate of drug-likeness (QED) is 0.750. The average Bonchev–Trinajstić information content (AvgIpc) is 2.55. The second-order valence-electron chi connectivity index (χ2n) is 2.80. The fourth-order valence-electron chi connectivity index (χ4n) is 1.19. The molecule has 2 nitrogen and oxygen atoms in total. The van der Waals surface area contributed by atoms with Crippen LogP contribution in [0.2, 0.25) is 4.47 Å². The Hall–Kier alpha value is -0.450. The van der Waals surface area contributed by atoms with E-state index in [1.807, 2.05) is 19.4 Å². The molecule has 1 heterocycles. The van der Waals surface area contributed by atoms with E-state index in [4.69, 9.17) is 11.6 Å². The molecule has 0 atom stereocenters. The number of aromatic nitrogens is 1. The Bertz CT molecular complexity index is 455. The number of benzene rings is 1. The SMILES string of the molecule is CSN(C)c1ccc2nc(Cl)sc2c1. The van der Waals surface area contributed by atoms with E-state index in [9.17, 15) is 0 Å². The molecule has 2 rings (SSSR count). The summed E-state index contributed by atoms with van der Waals surface area (Å²) >= 11 is 9.03. The first-order valence-electron chi connectivity index (χ1n) is 4.04. The zero-order chi connectivity index (χ0) is 10.1. The number of thiazole rings is 1. The van der Waals surface area contributed by atoms with Crippen LogP contribution in [0.5, 0.6) is 0 Å². The third kappa shape index (κ3) is 1.82. The lowest BCUT2D eigenvalue weighted by Crippen LogP contribution is -2.04. The molecule has 0 N–H and O–H groups in total. The highest BCUT2D eigenvalue weighted by atomic mass is 35.5. The molecule has 0 unspecified atom stereocenters. The maximum absolute atomic E-state index is 5.84. The smallest absolute Gasteiger partial charge is 0.184 e. The van der Waals surface area contributed by atoms with Gasteiger partial charge in [0.2, 0.25) is 0 Å². The number of hydrogen-bond donors (Lipinski definition) is 0. The standard InChI is InChI=1S/C9H9ClN2S2/c1-12(13-2)6-3-4-7-8(5-6)14-9(10)11-7/h3-5H,1-2H3. The third-order valence-corrected chi connectivity index (χ3v) is 3.86. The molecule has 0 bridgehead atoms. The number of fused-ring (bicyclic) bond motifs is 1. The van der Waals surface area contributed by atoms with Crippen molar-refractivity contribution < 1.29 is 0 Å². The number of halogens is 1. The fourth-order valence-corrected chi connectivity index (χ4v) is 2.57.